The fourth-order valence-corrected chi connectivity index (χ4v) is 1.40. The lowest BCUT2D eigenvalue weighted by Crippen LogP contribution is -1.99. The third-order valence-electron chi connectivity index (χ3n) is 2.25. The first kappa shape index (κ1) is 11.8. The van der Waals surface area contributed by atoms with Gasteiger partial charge in [-0.1, -0.05) is 0 Å². The van der Waals surface area contributed by atoms with Crippen molar-refractivity contribution in [3.05, 3.63) is 23.5 Å². The van der Waals surface area contributed by atoms with Crippen LogP contribution in [0.5, 0.6) is 11.5 Å². The molecule has 0 saturated carbocycles. The molecule has 0 aliphatic carbocycles. The van der Waals surface area contributed by atoms with Gasteiger partial charge < -0.3 is 15.6 Å². The molecule has 3 nitrogen and oxygen atoms in total. The van der Waals surface area contributed by atoms with Gasteiger partial charge in [-0.15, -0.1) is 0 Å². The Morgan fingerprint density at radius 2 is 2.13 bits per heavy atom. The number of unbranched alkanes of at least 4 members (excludes halogenated alkanes) is 1. The molecular weight excluding hydrogens is 197 g/mol. The van der Waals surface area contributed by atoms with E-state index in [1.54, 1.807) is 0 Å². The average Bonchev–Trinajstić information content (AvgIpc) is 2.21. The summed E-state index contributed by atoms with van der Waals surface area (Å²) in [5.74, 6) is -0.404. The van der Waals surface area contributed by atoms with E-state index >= 15 is 0 Å². The van der Waals surface area contributed by atoms with Crippen LogP contribution in [0.25, 0.3) is 0 Å². The Bertz CT molecular complexity index is 329. The number of methoxy groups -OCH3 is 1. The zero-order valence-corrected chi connectivity index (χ0v) is 8.79. The second kappa shape index (κ2) is 5.56. The van der Waals surface area contributed by atoms with Crippen LogP contribution in [0.3, 0.4) is 0 Å². The van der Waals surface area contributed by atoms with Crippen LogP contribution in [0.2, 0.25) is 0 Å². The molecule has 0 aliphatic heterocycles. The first-order chi connectivity index (χ1) is 7.19. The number of nitrogens with two attached hydrogens (primary N) is 1. The zero-order valence-electron chi connectivity index (χ0n) is 8.79. The molecule has 0 saturated heterocycles. The summed E-state index contributed by atoms with van der Waals surface area (Å²) in [6, 6.07) is 2.61. The maximum absolute atomic E-state index is 13.1. The summed E-state index contributed by atoms with van der Waals surface area (Å²) < 4.78 is 18.0. The quantitative estimate of drug-likeness (QED) is 0.733. The number of hydrogen-bond acceptors (Lipinski definition) is 3. The van der Waals surface area contributed by atoms with Crippen molar-refractivity contribution >= 4 is 0 Å². The molecule has 84 valence electrons. The monoisotopic (exact) mass is 213 g/mol. The zero-order chi connectivity index (χ0) is 11.3. The Morgan fingerprint density at radius 1 is 1.40 bits per heavy atom. The molecule has 1 aromatic rings. The van der Waals surface area contributed by atoms with Gasteiger partial charge in [-0.3, -0.25) is 0 Å². The lowest BCUT2D eigenvalue weighted by Gasteiger charge is -2.08. The molecule has 0 spiro atoms. The number of phenolic OH excluding ortho intramolecular Hbond substituents is 1. The van der Waals surface area contributed by atoms with E-state index in [9.17, 15) is 9.50 Å². The van der Waals surface area contributed by atoms with Crippen molar-refractivity contribution in [2.75, 3.05) is 13.7 Å². The first-order valence-corrected chi connectivity index (χ1v) is 4.94. The summed E-state index contributed by atoms with van der Waals surface area (Å²) >= 11 is 0. The van der Waals surface area contributed by atoms with Gasteiger partial charge in [0.2, 0.25) is 0 Å². The van der Waals surface area contributed by atoms with Crippen LogP contribution in [0, 0.1) is 5.82 Å². The number of aryl methyl sites for hydroxylation is 1. The van der Waals surface area contributed by atoms with Crippen molar-refractivity contribution in [1.29, 1.82) is 0 Å². The molecule has 0 fully saturated rings. The maximum atomic E-state index is 13.1. The Morgan fingerprint density at radius 3 is 2.73 bits per heavy atom. The summed E-state index contributed by atoms with van der Waals surface area (Å²) in [5.41, 5.74) is 6.06. The summed E-state index contributed by atoms with van der Waals surface area (Å²) in [6.07, 6.45) is 2.44. The van der Waals surface area contributed by atoms with Crippen LogP contribution >= 0.6 is 0 Å². The highest BCUT2D eigenvalue weighted by atomic mass is 19.1. The van der Waals surface area contributed by atoms with Crippen molar-refractivity contribution in [1.82, 2.24) is 0 Å². The van der Waals surface area contributed by atoms with E-state index < -0.39 is 5.82 Å². The Labute approximate surface area is 88.7 Å². The second-order valence-corrected chi connectivity index (χ2v) is 3.36. The van der Waals surface area contributed by atoms with E-state index in [4.69, 9.17) is 10.5 Å². The minimum Gasteiger partial charge on any atom is -0.508 e. The number of ether oxygens (including phenoxy) is 1. The molecule has 15 heavy (non-hydrogen) atoms. The highest BCUT2D eigenvalue weighted by Gasteiger charge is 2.09. The van der Waals surface area contributed by atoms with Gasteiger partial charge in [0.05, 0.1) is 7.11 Å². The van der Waals surface area contributed by atoms with E-state index in [1.165, 1.54) is 13.2 Å². The topological polar surface area (TPSA) is 55.5 Å². The van der Waals surface area contributed by atoms with Crippen molar-refractivity contribution in [3.8, 4) is 11.5 Å². The van der Waals surface area contributed by atoms with E-state index in [1.807, 2.05) is 0 Å². The highest BCUT2D eigenvalue weighted by molar-refractivity contribution is 5.40. The minimum absolute atomic E-state index is 0.0229. The number of halogens is 1. The molecule has 3 N–H and O–H groups in total. The van der Waals surface area contributed by atoms with Crippen molar-refractivity contribution in [2.24, 2.45) is 5.73 Å². The summed E-state index contributed by atoms with van der Waals surface area (Å²) in [5, 5.41) is 9.48. The number of benzene rings is 1. The smallest absolute Gasteiger partial charge is 0.168 e. The Hall–Kier alpha value is -1.29. The van der Waals surface area contributed by atoms with Crippen LogP contribution in [0.4, 0.5) is 4.39 Å². The normalized spacial score (nSPS) is 10.3. The molecule has 4 heteroatoms. The van der Waals surface area contributed by atoms with Gasteiger partial charge in [0.25, 0.3) is 0 Å². The van der Waals surface area contributed by atoms with E-state index in [0.29, 0.717) is 18.5 Å². The van der Waals surface area contributed by atoms with Gasteiger partial charge in [-0.05, 0) is 37.4 Å². The molecule has 0 amide bonds. The highest BCUT2D eigenvalue weighted by Crippen LogP contribution is 2.27. The third kappa shape index (κ3) is 3.09. The number of hydrogen-bond donors (Lipinski definition) is 2. The fraction of sp³-hybridized carbons (Fsp3) is 0.455. The standard InChI is InChI=1S/C11H16FNO2/c1-15-11-6-8(4-2-3-5-13)10(14)7-9(11)12/h6-7,14H,2-5,13H2,1H3. The van der Waals surface area contributed by atoms with Gasteiger partial charge in [0, 0.05) is 6.07 Å². The van der Waals surface area contributed by atoms with Gasteiger partial charge in [-0.25, -0.2) is 4.39 Å². The Kier molecular flexibility index (Phi) is 4.37. The summed E-state index contributed by atoms with van der Waals surface area (Å²) in [4.78, 5) is 0. The summed E-state index contributed by atoms with van der Waals surface area (Å²) in [7, 11) is 1.40. The fourth-order valence-electron chi connectivity index (χ4n) is 1.40. The average molecular weight is 213 g/mol. The Balaban J connectivity index is 2.78. The van der Waals surface area contributed by atoms with Crippen molar-refractivity contribution in [2.45, 2.75) is 19.3 Å². The van der Waals surface area contributed by atoms with Gasteiger partial charge in [-0.2, -0.15) is 0 Å². The largest absolute Gasteiger partial charge is 0.508 e. The lowest BCUT2D eigenvalue weighted by atomic mass is 10.1. The predicted molar refractivity (Wildman–Crippen MR) is 56.6 cm³/mol. The lowest BCUT2D eigenvalue weighted by molar-refractivity contribution is 0.380. The molecular formula is C11H16FNO2. The van der Waals surface area contributed by atoms with Gasteiger partial charge in [0.1, 0.15) is 5.75 Å². The number of phenols is 1. The van der Waals surface area contributed by atoms with Crippen molar-refractivity contribution in [3.63, 3.8) is 0 Å². The molecule has 1 aromatic carbocycles. The van der Waals surface area contributed by atoms with Crippen LogP contribution < -0.4 is 10.5 Å². The van der Waals surface area contributed by atoms with E-state index in [-0.39, 0.29) is 11.5 Å². The van der Waals surface area contributed by atoms with Crippen LogP contribution in [0.15, 0.2) is 12.1 Å². The molecule has 0 unspecified atom stereocenters. The minimum atomic E-state index is -0.544. The predicted octanol–water partition coefficient (Wildman–Crippen LogP) is 1.82. The molecule has 0 aromatic heterocycles. The molecule has 0 heterocycles. The molecule has 1 rings (SSSR count). The van der Waals surface area contributed by atoms with Crippen LogP contribution in [0.1, 0.15) is 18.4 Å². The molecule has 0 radical (unpaired) electrons. The number of aromatic hydroxyl groups is 1. The second-order valence-electron chi connectivity index (χ2n) is 3.36. The van der Waals surface area contributed by atoms with Crippen molar-refractivity contribution < 1.29 is 14.2 Å². The number of rotatable bonds is 5. The molecule has 0 aliphatic rings. The SMILES string of the molecule is COc1cc(CCCCN)c(O)cc1F. The molecule has 0 atom stereocenters. The van der Waals surface area contributed by atoms with E-state index in [0.717, 1.165) is 18.9 Å². The van der Waals surface area contributed by atoms with Crippen LogP contribution in [-0.2, 0) is 6.42 Å². The first-order valence-electron chi connectivity index (χ1n) is 4.94. The van der Waals surface area contributed by atoms with E-state index in [2.05, 4.69) is 0 Å². The molecule has 0 bridgehead atoms. The van der Waals surface area contributed by atoms with Crippen LogP contribution in [-0.4, -0.2) is 18.8 Å². The maximum Gasteiger partial charge on any atom is 0.168 e. The van der Waals surface area contributed by atoms with Gasteiger partial charge in [0.15, 0.2) is 11.6 Å². The summed E-state index contributed by atoms with van der Waals surface area (Å²) in [6.45, 7) is 0.624. The van der Waals surface area contributed by atoms with Gasteiger partial charge >= 0.3 is 0 Å². The third-order valence-corrected chi connectivity index (χ3v) is 2.25.